The third-order valence-corrected chi connectivity index (χ3v) is 7.99. The van der Waals surface area contributed by atoms with E-state index in [1.54, 1.807) is 25.1 Å². The number of nitrogens with one attached hydrogen (secondary N) is 1. The molecule has 0 radical (unpaired) electrons. The van der Waals surface area contributed by atoms with E-state index in [-0.39, 0.29) is 50.5 Å². The number of halogens is 2. The molecule has 0 saturated carbocycles. The van der Waals surface area contributed by atoms with Crippen LogP contribution in [0.15, 0.2) is 48.5 Å². The average Bonchev–Trinajstić information content (AvgIpc) is 3.46. The fourth-order valence-corrected chi connectivity index (χ4v) is 6.06. The van der Waals surface area contributed by atoms with Crippen LogP contribution in [0.3, 0.4) is 0 Å². The normalized spacial score (nSPS) is 13.8. The molecule has 1 aromatic heterocycles. The van der Waals surface area contributed by atoms with Gasteiger partial charge in [-0.15, -0.1) is 0 Å². The van der Waals surface area contributed by atoms with Crippen molar-refractivity contribution in [1.29, 1.82) is 0 Å². The van der Waals surface area contributed by atoms with Crippen LogP contribution in [0.2, 0.25) is 0 Å². The zero-order chi connectivity index (χ0) is 30.5. The fourth-order valence-electron chi connectivity index (χ4n) is 5.26. The lowest BCUT2D eigenvalue weighted by atomic mass is 9.97. The Morgan fingerprint density at radius 1 is 1.00 bits per heavy atom. The first-order chi connectivity index (χ1) is 19.9. The van der Waals surface area contributed by atoms with Crippen LogP contribution >= 0.6 is 0 Å². The lowest BCUT2D eigenvalue weighted by Crippen LogP contribution is -2.32. The maximum Gasteiger partial charge on any atom is 0.396 e. The number of carbonyl (C=O) groups is 3. The van der Waals surface area contributed by atoms with Gasteiger partial charge in [-0.2, -0.15) is 0 Å². The van der Waals surface area contributed by atoms with Crippen LogP contribution in [0.1, 0.15) is 55.3 Å². The Bertz CT molecular complexity index is 1860. The number of carbonyl (C=O) groups excluding carboxylic acids is 3. The lowest BCUT2D eigenvalue weighted by Gasteiger charge is -2.23. The number of sulfone groups is 1. The van der Waals surface area contributed by atoms with Crippen molar-refractivity contribution in [2.24, 2.45) is 0 Å². The van der Waals surface area contributed by atoms with Crippen LogP contribution in [0.5, 0.6) is 11.5 Å². The van der Waals surface area contributed by atoms with Gasteiger partial charge in [0, 0.05) is 27.3 Å². The Hall–Kier alpha value is -4.78. The number of hydrogen-bond donors (Lipinski definition) is 1. The summed E-state index contributed by atoms with van der Waals surface area (Å²) in [6.07, 6.45) is 0.972. The molecular formula is C29H24F2N2O8S. The van der Waals surface area contributed by atoms with Gasteiger partial charge in [0.15, 0.2) is 21.3 Å². The van der Waals surface area contributed by atoms with Crippen molar-refractivity contribution >= 4 is 38.5 Å². The minimum absolute atomic E-state index is 0.0797. The number of H-pyrrole nitrogens is 1. The van der Waals surface area contributed by atoms with Crippen molar-refractivity contribution in [3.8, 4) is 22.6 Å². The summed E-state index contributed by atoms with van der Waals surface area (Å²) in [5.41, 5.74) is 0.708. The summed E-state index contributed by atoms with van der Waals surface area (Å²) < 4.78 is 62.0. The largest absolute Gasteiger partial charge is 0.493 e. The first-order valence-electron chi connectivity index (χ1n) is 12.5. The predicted molar refractivity (Wildman–Crippen MR) is 147 cm³/mol. The van der Waals surface area contributed by atoms with E-state index in [9.17, 15) is 31.7 Å². The number of aromatic amines is 1. The molecule has 1 unspecified atom stereocenters. The molecule has 42 heavy (non-hydrogen) atoms. The quantitative estimate of drug-likeness (QED) is 0.282. The van der Waals surface area contributed by atoms with Crippen LogP contribution in [-0.4, -0.2) is 56.6 Å². The summed E-state index contributed by atoms with van der Waals surface area (Å²) in [7, 11) is -0.724. The van der Waals surface area contributed by atoms with Crippen LogP contribution in [0, 0.1) is 5.82 Å². The Kier molecular flexibility index (Phi) is 7.23. The number of imide groups is 1. The number of amides is 2. The summed E-state index contributed by atoms with van der Waals surface area (Å²) in [4.78, 5) is 46.7. The number of ether oxygens (including phenoxy) is 2. The van der Waals surface area contributed by atoms with Gasteiger partial charge in [0.25, 0.3) is 11.8 Å². The first-order valence-corrected chi connectivity index (χ1v) is 14.5. The van der Waals surface area contributed by atoms with Crippen molar-refractivity contribution in [1.82, 2.24) is 9.88 Å². The summed E-state index contributed by atoms with van der Waals surface area (Å²) in [6, 6.07) is 10.5. The van der Waals surface area contributed by atoms with Gasteiger partial charge in [-0.05, 0) is 36.2 Å². The molecule has 4 aromatic rings. The van der Waals surface area contributed by atoms with E-state index in [4.69, 9.17) is 9.47 Å². The SMILES string of the molecule is COc1cc2c(cc1OC)C(=O)N(C(C)c1cccc3c(-c4ccc(CS(C)(=O)=O)c(F)c4)c(C(=O)OF)[nH]c13)C2=O. The van der Waals surface area contributed by atoms with E-state index in [2.05, 4.69) is 9.93 Å². The monoisotopic (exact) mass is 598 g/mol. The number of nitrogens with zero attached hydrogens (tertiary/aromatic N) is 1. The average molecular weight is 599 g/mol. The maximum atomic E-state index is 15.0. The molecule has 2 amide bonds. The molecule has 1 aliphatic heterocycles. The molecule has 0 bridgehead atoms. The molecule has 13 heteroatoms. The summed E-state index contributed by atoms with van der Waals surface area (Å²) in [5.74, 6) is -3.39. The zero-order valence-electron chi connectivity index (χ0n) is 22.8. The number of benzene rings is 3. The van der Waals surface area contributed by atoms with Gasteiger partial charge in [0.1, 0.15) is 11.5 Å². The molecule has 218 valence electrons. The van der Waals surface area contributed by atoms with Crippen LogP contribution in [0.25, 0.3) is 22.0 Å². The van der Waals surface area contributed by atoms with E-state index in [1.165, 1.54) is 38.5 Å². The van der Waals surface area contributed by atoms with Gasteiger partial charge < -0.3 is 14.5 Å². The van der Waals surface area contributed by atoms with Crippen molar-refractivity contribution in [3.63, 3.8) is 0 Å². The van der Waals surface area contributed by atoms with E-state index in [0.717, 1.165) is 17.2 Å². The smallest absolute Gasteiger partial charge is 0.396 e. The highest BCUT2D eigenvalue weighted by Gasteiger charge is 2.41. The van der Waals surface area contributed by atoms with Gasteiger partial charge in [0.05, 0.1) is 42.7 Å². The Labute approximate surface area is 238 Å². The minimum Gasteiger partial charge on any atom is -0.493 e. The molecule has 0 fully saturated rings. The number of fused-ring (bicyclic) bond motifs is 2. The third kappa shape index (κ3) is 4.75. The Balaban J connectivity index is 1.63. The van der Waals surface area contributed by atoms with Crippen molar-refractivity contribution in [2.75, 3.05) is 20.5 Å². The highest BCUT2D eigenvalue weighted by molar-refractivity contribution is 7.89. The molecule has 1 aliphatic rings. The molecule has 0 saturated heterocycles. The van der Waals surface area contributed by atoms with Crippen molar-refractivity contribution < 1.29 is 46.1 Å². The number of aromatic nitrogens is 1. The molecule has 2 heterocycles. The van der Waals surface area contributed by atoms with Crippen LogP contribution < -0.4 is 9.47 Å². The van der Waals surface area contributed by atoms with E-state index in [0.29, 0.717) is 10.9 Å². The molecule has 3 aromatic carbocycles. The number of rotatable bonds is 8. The predicted octanol–water partition coefficient (Wildman–Crippen LogP) is 4.93. The zero-order valence-corrected chi connectivity index (χ0v) is 23.6. The first kappa shape index (κ1) is 28.7. The van der Waals surface area contributed by atoms with Gasteiger partial charge >= 0.3 is 5.97 Å². The van der Waals surface area contributed by atoms with Gasteiger partial charge in [-0.25, -0.2) is 22.5 Å². The molecule has 1 atom stereocenters. The minimum atomic E-state index is -3.53. The van der Waals surface area contributed by atoms with Crippen molar-refractivity contribution in [3.05, 3.63) is 82.3 Å². The molecular weight excluding hydrogens is 574 g/mol. The number of hydrogen-bond acceptors (Lipinski definition) is 8. The second kappa shape index (κ2) is 10.6. The van der Waals surface area contributed by atoms with Gasteiger partial charge in [-0.1, -0.05) is 30.3 Å². The topological polar surface area (TPSA) is 132 Å². The van der Waals surface area contributed by atoms with E-state index < -0.39 is 45.2 Å². The van der Waals surface area contributed by atoms with Gasteiger partial charge in [-0.3, -0.25) is 14.5 Å². The molecule has 10 nitrogen and oxygen atoms in total. The highest BCUT2D eigenvalue weighted by atomic mass is 32.2. The van der Waals surface area contributed by atoms with Crippen molar-refractivity contribution in [2.45, 2.75) is 18.7 Å². The second-order valence-corrected chi connectivity index (χ2v) is 11.9. The van der Waals surface area contributed by atoms with Crippen LogP contribution in [0.4, 0.5) is 8.92 Å². The highest BCUT2D eigenvalue weighted by Crippen LogP contribution is 2.41. The molecule has 0 spiro atoms. The van der Waals surface area contributed by atoms with E-state index in [1.807, 2.05) is 0 Å². The fraction of sp³-hybridized carbons (Fsp3) is 0.207. The molecule has 1 N–H and O–H groups in total. The standard InChI is InChI=1S/C29H24F2N2O8S/c1-14(33-27(34)19-11-22(39-2)23(40-3)12-20(19)28(33)35)17-6-5-7-18-24(26(29(36)41-31)32-25(17)18)15-8-9-16(21(30)10-15)13-42(4,37)38/h5-12,14,32H,13H2,1-4H3. The number of para-hydroxylation sites is 1. The lowest BCUT2D eigenvalue weighted by molar-refractivity contribution is -0.0791. The number of methoxy groups -OCH3 is 2. The summed E-state index contributed by atoms with van der Waals surface area (Å²) >= 11 is 0. The second-order valence-electron chi connectivity index (χ2n) is 9.79. The third-order valence-electron chi connectivity index (χ3n) is 7.16. The summed E-state index contributed by atoms with van der Waals surface area (Å²) in [6.45, 7) is 1.61. The molecule has 5 rings (SSSR count). The van der Waals surface area contributed by atoms with Crippen LogP contribution in [-0.2, 0) is 20.5 Å². The van der Waals surface area contributed by atoms with E-state index >= 15 is 0 Å². The maximum absolute atomic E-state index is 15.0. The Morgan fingerprint density at radius 2 is 1.62 bits per heavy atom. The Morgan fingerprint density at radius 3 is 2.14 bits per heavy atom. The summed E-state index contributed by atoms with van der Waals surface area (Å²) in [5, 5.41) is 0.343. The molecule has 0 aliphatic carbocycles. The van der Waals surface area contributed by atoms with Gasteiger partial charge in [0.2, 0.25) is 0 Å².